The summed E-state index contributed by atoms with van der Waals surface area (Å²) in [6.07, 6.45) is -0.179. The van der Waals surface area contributed by atoms with Crippen LogP contribution in [0.4, 0.5) is 10.7 Å². The van der Waals surface area contributed by atoms with E-state index in [1.807, 2.05) is 18.2 Å². The van der Waals surface area contributed by atoms with Gasteiger partial charge in [-0.2, -0.15) is 0 Å². The minimum Gasteiger partial charge on any atom is -0.465 e. The number of carboxylic acid groups (broad SMARTS) is 1. The highest BCUT2D eigenvalue weighted by Gasteiger charge is 2.04. The summed E-state index contributed by atoms with van der Waals surface area (Å²) in [5, 5.41) is 10.7. The van der Waals surface area contributed by atoms with Crippen molar-refractivity contribution < 1.29 is 9.90 Å². The molecule has 0 aliphatic carbocycles. The standard InChI is InChI=1S/C10H11N3O2/c1-2-6-3-4-7-8(5-6)12-9(11-7)13-10(14)15/h3-5H,2H2,1H3,(H,14,15)(H2,11,12,13). The molecule has 2 rings (SSSR count). The van der Waals surface area contributed by atoms with Gasteiger partial charge in [-0.05, 0) is 24.1 Å². The van der Waals surface area contributed by atoms with Crippen LogP contribution in [0.3, 0.4) is 0 Å². The molecule has 5 heteroatoms. The summed E-state index contributed by atoms with van der Waals surface area (Å²) >= 11 is 0. The second-order valence-electron chi connectivity index (χ2n) is 3.22. The van der Waals surface area contributed by atoms with Crippen molar-refractivity contribution in [1.29, 1.82) is 0 Å². The molecule has 0 saturated carbocycles. The van der Waals surface area contributed by atoms with Gasteiger partial charge in [0.15, 0.2) is 0 Å². The quantitative estimate of drug-likeness (QED) is 0.703. The fraction of sp³-hybridized carbons (Fsp3) is 0.200. The minimum atomic E-state index is -1.12. The highest BCUT2D eigenvalue weighted by Crippen LogP contribution is 2.16. The van der Waals surface area contributed by atoms with Crippen LogP contribution in [-0.4, -0.2) is 21.2 Å². The molecule has 1 amide bonds. The van der Waals surface area contributed by atoms with Crippen LogP contribution in [0.2, 0.25) is 0 Å². The van der Waals surface area contributed by atoms with Crippen LogP contribution < -0.4 is 5.32 Å². The van der Waals surface area contributed by atoms with Crippen LogP contribution in [0.1, 0.15) is 12.5 Å². The van der Waals surface area contributed by atoms with Gasteiger partial charge < -0.3 is 10.1 Å². The average molecular weight is 205 g/mol. The molecule has 1 aromatic heterocycles. The Balaban J connectivity index is 2.42. The third-order valence-corrected chi connectivity index (χ3v) is 2.18. The van der Waals surface area contributed by atoms with Gasteiger partial charge in [0, 0.05) is 0 Å². The summed E-state index contributed by atoms with van der Waals surface area (Å²) in [5.74, 6) is 0.255. The summed E-state index contributed by atoms with van der Waals surface area (Å²) in [6.45, 7) is 2.06. The number of hydrogen-bond acceptors (Lipinski definition) is 2. The predicted molar refractivity (Wildman–Crippen MR) is 57.1 cm³/mol. The van der Waals surface area contributed by atoms with Gasteiger partial charge in [-0.15, -0.1) is 0 Å². The number of aromatic amines is 1. The molecule has 0 aliphatic rings. The number of nitrogens with zero attached hydrogens (tertiary/aromatic N) is 1. The molecule has 0 unspecified atom stereocenters. The van der Waals surface area contributed by atoms with Gasteiger partial charge in [-0.3, -0.25) is 5.32 Å². The Morgan fingerprint density at radius 3 is 3.07 bits per heavy atom. The van der Waals surface area contributed by atoms with Crippen molar-refractivity contribution in [2.24, 2.45) is 0 Å². The number of rotatable bonds is 2. The Hall–Kier alpha value is -2.04. The average Bonchev–Trinajstić information content (AvgIpc) is 2.57. The maximum atomic E-state index is 10.4. The van der Waals surface area contributed by atoms with E-state index in [0.717, 1.165) is 17.5 Å². The first kappa shape index (κ1) is 9.51. The molecule has 5 nitrogen and oxygen atoms in total. The van der Waals surface area contributed by atoms with Crippen LogP contribution in [0.25, 0.3) is 11.0 Å². The van der Waals surface area contributed by atoms with E-state index in [-0.39, 0.29) is 5.95 Å². The van der Waals surface area contributed by atoms with Gasteiger partial charge in [0.05, 0.1) is 11.0 Å². The van der Waals surface area contributed by atoms with E-state index < -0.39 is 6.09 Å². The highest BCUT2D eigenvalue weighted by atomic mass is 16.4. The number of hydrogen-bond donors (Lipinski definition) is 3. The summed E-state index contributed by atoms with van der Waals surface area (Å²) in [4.78, 5) is 17.4. The minimum absolute atomic E-state index is 0.255. The zero-order valence-corrected chi connectivity index (χ0v) is 8.24. The Morgan fingerprint density at radius 2 is 2.40 bits per heavy atom. The number of benzene rings is 1. The van der Waals surface area contributed by atoms with Crippen molar-refractivity contribution in [1.82, 2.24) is 9.97 Å². The van der Waals surface area contributed by atoms with E-state index in [2.05, 4.69) is 22.2 Å². The Bertz CT molecular complexity index is 504. The normalized spacial score (nSPS) is 10.5. The molecule has 1 aromatic carbocycles. The molecule has 0 fully saturated rings. The molecule has 2 aromatic rings. The number of H-pyrrole nitrogens is 1. The van der Waals surface area contributed by atoms with Gasteiger partial charge in [-0.25, -0.2) is 9.78 Å². The molecule has 0 spiro atoms. The molecule has 78 valence electrons. The fourth-order valence-corrected chi connectivity index (χ4v) is 1.44. The van der Waals surface area contributed by atoms with Crippen molar-refractivity contribution >= 4 is 23.1 Å². The van der Waals surface area contributed by atoms with Gasteiger partial charge >= 0.3 is 6.09 Å². The van der Waals surface area contributed by atoms with E-state index in [4.69, 9.17) is 5.11 Å². The summed E-state index contributed by atoms with van der Waals surface area (Å²) in [6, 6.07) is 5.82. The number of anilines is 1. The summed E-state index contributed by atoms with van der Waals surface area (Å²) in [7, 11) is 0. The van der Waals surface area contributed by atoms with Crippen LogP contribution in [0, 0.1) is 0 Å². The molecule has 0 atom stereocenters. The third kappa shape index (κ3) is 1.90. The molecule has 1 heterocycles. The van der Waals surface area contributed by atoms with E-state index in [0.29, 0.717) is 0 Å². The SMILES string of the molecule is CCc1ccc2nc(NC(=O)O)[nH]c2c1. The third-order valence-electron chi connectivity index (χ3n) is 2.18. The summed E-state index contributed by atoms with van der Waals surface area (Å²) in [5.41, 5.74) is 2.79. The molecule has 0 aliphatic heterocycles. The first-order valence-electron chi connectivity index (χ1n) is 4.67. The fourth-order valence-electron chi connectivity index (χ4n) is 1.44. The van der Waals surface area contributed by atoms with Crippen LogP contribution in [-0.2, 0) is 6.42 Å². The van der Waals surface area contributed by atoms with E-state index in [1.165, 1.54) is 5.56 Å². The number of amides is 1. The van der Waals surface area contributed by atoms with Crippen LogP contribution in [0.5, 0.6) is 0 Å². The molecular formula is C10H11N3O2. The molecular weight excluding hydrogens is 194 g/mol. The van der Waals surface area contributed by atoms with Gasteiger partial charge in [-0.1, -0.05) is 13.0 Å². The van der Waals surface area contributed by atoms with Crippen molar-refractivity contribution in [3.63, 3.8) is 0 Å². The number of imidazole rings is 1. The smallest absolute Gasteiger partial charge is 0.411 e. The first-order chi connectivity index (χ1) is 7.19. The zero-order valence-electron chi connectivity index (χ0n) is 8.24. The molecule has 3 N–H and O–H groups in total. The number of carbonyl (C=O) groups is 1. The molecule has 0 saturated heterocycles. The largest absolute Gasteiger partial charge is 0.465 e. The maximum Gasteiger partial charge on any atom is 0.411 e. The Kier molecular flexibility index (Phi) is 2.29. The Labute approximate surface area is 86.1 Å². The van der Waals surface area contributed by atoms with Crippen molar-refractivity contribution in [3.8, 4) is 0 Å². The lowest BCUT2D eigenvalue weighted by atomic mass is 10.1. The first-order valence-corrected chi connectivity index (χ1v) is 4.67. The lowest BCUT2D eigenvalue weighted by Crippen LogP contribution is -2.08. The lowest BCUT2D eigenvalue weighted by Gasteiger charge is -1.93. The molecule has 0 bridgehead atoms. The number of aryl methyl sites for hydroxylation is 1. The number of nitrogens with one attached hydrogen (secondary N) is 2. The highest BCUT2D eigenvalue weighted by molar-refractivity contribution is 5.85. The topological polar surface area (TPSA) is 78.0 Å². The van der Waals surface area contributed by atoms with E-state index in [1.54, 1.807) is 0 Å². The van der Waals surface area contributed by atoms with Gasteiger partial charge in [0.25, 0.3) is 0 Å². The predicted octanol–water partition coefficient (Wildman–Crippen LogP) is 2.22. The summed E-state index contributed by atoms with van der Waals surface area (Å²) < 4.78 is 0. The second kappa shape index (κ2) is 3.61. The lowest BCUT2D eigenvalue weighted by molar-refractivity contribution is 0.209. The van der Waals surface area contributed by atoms with E-state index >= 15 is 0 Å². The second-order valence-corrected chi connectivity index (χ2v) is 3.22. The van der Waals surface area contributed by atoms with Gasteiger partial charge in [0.2, 0.25) is 5.95 Å². The molecule has 0 radical (unpaired) electrons. The van der Waals surface area contributed by atoms with E-state index in [9.17, 15) is 4.79 Å². The Morgan fingerprint density at radius 1 is 1.60 bits per heavy atom. The molecule has 15 heavy (non-hydrogen) atoms. The van der Waals surface area contributed by atoms with Gasteiger partial charge in [0.1, 0.15) is 0 Å². The van der Waals surface area contributed by atoms with Crippen molar-refractivity contribution in [2.45, 2.75) is 13.3 Å². The maximum absolute atomic E-state index is 10.4. The van der Waals surface area contributed by atoms with Crippen molar-refractivity contribution in [3.05, 3.63) is 23.8 Å². The zero-order chi connectivity index (χ0) is 10.8. The number of fused-ring (bicyclic) bond motifs is 1. The van der Waals surface area contributed by atoms with Crippen LogP contribution in [0.15, 0.2) is 18.2 Å². The monoisotopic (exact) mass is 205 g/mol. The number of aromatic nitrogens is 2. The van der Waals surface area contributed by atoms with Crippen LogP contribution >= 0.6 is 0 Å². The van der Waals surface area contributed by atoms with Crippen molar-refractivity contribution in [2.75, 3.05) is 5.32 Å².